The fourth-order valence-corrected chi connectivity index (χ4v) is 4.83. The van der Waals surface area contributed by atoms with Crippen molar-refractivity contribution in [1.82, 2.24) is 4.90 Å². The van der Waals surface area contributed by atoms with Crippen molar-refractivity contribution >= 4 is 28.1 Å². The summed E-state index contributed by atoms with van der Waals surface area (Å²) in [7, 11) is 0. The summed E-state index contributed by atoms with van der Waals surface area (Å²) >= 11 is 0. The molecule has 4 rings (SSSR count). The predicted octanol–water partition coefficient (Wildman–Crippen LogP) is 5.01. The van der Waals surface area contributed by atoms with E-state index in [1.54, 1.807) is 0 Å². The summed E-state index contributed by atoms with van der Waals surface area (Å²) in [5.41, 5.74) is 3.26. The summed E-state index contributed by atoms with van der Waals surface area (Å²) in [4.78, 5) is 20.2. The van der Waals surface area contributed by atoms with Gasteiger partial charge in [-0.25, -0.2) is 0 Å². The first-order valence-electron chi connectivity index (χ1n) is 11.3. The van der Waals surface area contributed by atoms with Crippen LogP contribution in [0.5, 0.6) is 0 Å². The Hall–Kier alpha value is -2.07. The van der Waals surface area contributed by atoms with Crippen LogP contribution in [0.1, 0.15) is 50.9 Å². The second kappa shape index (κ2) is 8.35. The SMILES string of the molecule is CC(C)CCN1C(=O)c2cccc3c(N4CCCN(CC(C)C)CC4)ccc1c23. The maximum atomic E-state index is 13.1. The van der Waals surface area contributed by atoms with Gasteiger partial charge in [0.05, 0.1) is 5.69 Å². The number of hydrogen-bond acceptors (Lipinski definition) is 3. The van der Waals surface area contributed by atoms with Crippen LogP contribution in [0.25, 0.3) is 10.8 Å². The molecule has 4 nitrogen and oxygen atoms in total. The minimum atomic E-state index is 0.169. The van der Waals surface area contributed by atoms with E-state index < -0.39 is 0 Å². The average Bonchev–Trinajstić information content (AvgIpc) is 2.82. The summed E-state index contributed by atoms with van der Waals surface area (Å²) in [6, 6.07) is 10.7. The Morgan fingerprint density at radius 1 is 0.897 bits per heavy atom. The molecule has 29 heavy (non-hydrogen) atoms. The van der Waals surface area contributed by atoms with Gasteiger partial charge in [0.1, 0.15) is 0 Å². The normalized spacial score (nSPS) is 17.8. The summed E-state index contributed by atoms with van der Waals surface area (Å²) < 4.78 is 0. The lowest BCUT2D eigenvalue weighted by Gasteiger charge is -2.26. The second-order valence-electron chi connectivity index (χ2n) is 9.51. The van der Waals surface area contributed by atoms with Crippen LogP contribution in [0.4, 0.5) is 11.4 Å². The molecule has 2 aliphatic rings. The molecule has 0 spiro atoms. The number of carbonyl (C=O) groups excluding carboxylic acids is 1. The lowest BCUT2D eigenvalue weighted by atomic mass is 10.0. The van der Waals surface area contributed by atoms with Gasteiger partial charge in [-0.15, -0.1) is 0 Å². The van der Waals surface area contributed by atoms with Gasteiger partial charge in [0.2, 0.25) is 0 Å². The van der Waals surface area contributed by atoms with Crippen LogP contribution < -0.4 is 9.80 Å². The minimum Gasteiger partial charge on any atom is -0.370 e. The number of benzene rings is 2. The molecule has 0 aliphatic carbocycles. The molecule has 0 saturated carbocycles. The molecule has 1 amide bonds. The largest absolute Gasteiger partial charge is 0.370 e. The van der Waals surface area contributed by atoms with E-state index in [4.69, 9.17) is 0 Å². The zero-order valence-electron chi connectivity index (χ0n) is 18.4. The van der Waals surface area contributed by atoms with Crippen LogP contribution in [0.15, 0.2) is 30.3 Å². The first kappa shape index (κ1) is 20.2. The smallest absolute Gasteiger partial charge is 0.258 e. The van der Waals surface area contributed by atoms with Crippen LogP contribution in [-0.2, 0) is 0 Å². The van der Waals surface area contributed by atoms with E-state index in [0.717, 1.165) is 49.2 Å². The molecule has 4 heteroatoms. The maximum Gasteiger partial charge on any atom is 0.258 e. The lowest BCUT2D eigenvalue weighted by molar-refractivity contribution is 0.0992. The van der Waals surface area contributed by atoms with Crippen LogP contribution in [0, 0.1) is 11.8 Å². The fraction of sp³-hybridized carbons (Fsp3) is 0.560. The zero-order chi connectivity index (χ0) is 20.5. The highest BCUT2D eigenvalue weighted by molar-refractivity contribution is 6.26. The van der Waals surface area contributed by atoms with Crippen molar-refractivity contribution in [3.8, 4) is 0 Å². The third-order valence-corrected chi connectivity index (χ3v) is 6.24. The highest BCUT2D eigenvalue weighted by Gasteiger charge is 2.31. The molecule has 2 aromatic rings. The summed E-state index contributed by atoms with van der Waals surface area (Å²) in [5, 5.41) is 2.39. The highest BCUT2D eigenvalue weighted by Crippen LogP contribution is 2.42. The van der Waals surface area contributed by atoms with Crippen molar-refractivity contribution in [2.24, 2.45) is 11.8 Å². The fourth-order valence-electron chi connectivity index (χ4n) is 4.83. The number of anilines is 2. The highest BCUT2D eigenvalue weighted by atomic mass is 16.2. The predicted molar refractivity (Wildman–Crippen MR) is 123 cm³/mol. The molecular formula is C25H35N3O. The topological polar surface area (TPSA) is 26.8 Å². The quantitative estimate of drug-likeness (QED) is 0.690. The Kier molecular flexibility index (Phi) is 5.82. The molecule has 156 valence electrons. The molecule has 1 saturated heterocycles. The zero-order valence-corrected chi connectivity index (χ0v) is 18.4. The van der Waals surface area contributed by atoms with Crippen molar-refractivity contribution in [3.63, 3.8) is 0 Å². The Morgan fingerprint density at radius 2 is 1.69 bits per heavy atom. The van der Waals surface area contributed by atoms with E-state index in [1.165, 1.54) is 30.6 Å². The monoisotopic (exact) mass is 393 g/mol. The summed E-state index contributed by atoms with van der Waals surface area (Å²) in [5.74, 6) is 1.47. The van der Waals surface area contributed by atoms with Crippen LogP contribution in [-0.4, -0.2) is 50.1 Å². The lowest BCUT2D eigenvalue weighted by Crippen LogP contribution is -2.33. The van der Waals surface area contributed by atoms with Crippen molar-refractivity contribution in [3.05, 3.63) is 35.9 Å². The first-order chi connectivity index (χ1) is 14.0. The third-order valence-electron chi connectivity index (χ3n) is 6.24. The Morgan fingerprint density at radius 3 is 2.45 bits per heavy atom. The summed E-state index contributed by atoms with van der Waals surface area (Å²) in [6.07, 6.45) is 2.22. The first-order valence-corrected chi connectivity index (χ1v) is 11.3. The molecule has 2 aliphatic heterocycles. The maximum absolute atomic E-state index is 13.1. The van der Waals surface area contributed by atoms with Gasteiger partial charge < -0.3 is 14.7 Å². The number of amides is 1. The standard InChI is InChI=1S/C25H35N3O/c1-18(2)11-14-28-23-10-9-22(20-7-5-8-21(24(20)23)25(28)29)27-13-6-12-26(15-16-27)17-19(3)4/h5,7-10,18-19H,6,11-17H2,1-4H3. The Balaban J connectivity index is 1.64. The van der Waals surface area contributed by atoms with Crippen molar-refractivity contribution in [2.45, 2.75) is 40.5 Å². The van der Waals surface area contributed by atoms with Gasteiger partial charge >= 0.3 is 0 Å². The van der Waals surface area contributed by atoms with Crippen molar-refractivity contribution in [2.75, 3.05) is 49.1 Å². The van der Waals surface area contributed by atoms with Crippen LogP contribution >= 0.6 is 0 Å². The van der Waals surface area contributed by atoms with E-state index in [1.807, 2.05) is 11.0 Å². The van der Waals surface area contributed by atoms with Crippen LogP contribution in [0.3, 0.4) is 0 Å². The van der Waals surface area contributed by atoms with E-state index in [0.29, 0.717) is 11.8 Å². The second-order valence-corrected chi connectivity index (χ2v) is 9.51. The molecule has 0 N–H and O–H groups in total. The van der Waals surface area contributed by atoms with Crippen molar-refractivity contribution in [1.29, 1.82) is 0 Å². The van der Waals surface area contributed by atoms with Gasteiger partial charge in [-0.05, 0) is 49.4 Å². The van der Waals surface area contributed by atoms with Gasteiger partial charge in [0, 0.05) is 54.7 Å². The third kappa shape index (κ3) is 4.00. The van der Waals surface area contributed by atoms with E-state index >= 15 is 0 Å². The average molecular weight is 394 g/mol. The Labute approximate surface area is 175 Å². The molecule has 1 fully saturated rings. The van der Waals surface area contributed by atoms with E-state index in [9.17, 15) is 4.79 Å². The van der Waals surface area contributed by atoms with Crippen molar-refractivity contribution < 1.29 is 4.79 Å². The van der Waals surface area contributed by atoms with Gasteiger partial charge in [0.15, 0.2) is 0 Å². The number of carbonyl (C=O) groups is 1. The molecule has 0 unspecified atom stereocenters. The van der Waals surface area contributed by atoms with E-state index in [2.05, 4.69) is 61.8 Å². The van der Waals surface area contributed by atoms with Gasteiger partial charge in [0.25, 0.3) is 5.91 Å². The van der Waals surface area contributed by atoms with Crippen LogP contribution in [0.2, 0.25) is 0 Å². The molecular weight excluding hydrogens is 358 g/mol. The Bertz CT molecular complexity index is 889. The number of rotatable bonds is 6. The molecule has 0 aromatic heterocycles. The molecule has 0 bridgehead atoms. The van der Waals surface area contributed by atoms with Gasteiger partial charge in [-0.3, -0.25) is 4.79 Å². The number of hydrogen-bond donors (Lipinski definition) is 0. The molecule has 2 aromatic carbocycles. The molecule has 0 atom stereocenters. The number of nitrogens with zero attached hydrogens (tertiary/aromatic N) is 3. The summed E-state index contributed by atoms with van der Waals surface area (Å²) in [6.45, 7) is 15.4. The van der Waals surface area contributed by atoms with Gasteiger partial charge in [-0.1, -0.05) is 39.8 Å². The molecule has 2 heterocycles. The van der Waals surface area contributed by atoms with E-state index in [-0.39, 0.29) is 5.91 Å². The molecule has 0 radical (unpaired) electrons. The van der Waals surface area contributed by atoms with Gasteiger partial charge in [-0.2, -0.15) is 0 Å². The minimum absolute atomic E-state index is 0.169.